The molecular weight excluding hydrogens is 325 g/mol. The highest BCUT2D eigenvalue weighted by Crippen LogP contribution is 2.43. The molecule has 1 atom stereocenters. The van der Waals surface area contributed by atoms with Crippen LogP contribution in [0.15, 0.2) is 16.6 Å². The van der Waals surface area contributed by atoms with Crippen LogP contribution in [0.3, 0.4) is 0 Å². The molecule has 0 saturated carbocycles. The van der Waals surface area contributed by atoms with Gasteiger partial charge in [0.2, 0.25) is 0 Å². The van der Waals surface area contributed by atoms with Crippen LogP contribution in [0.5, 0.6) is 0 Å². The Morgan fingerprint density at radius 3 is 2.79 bits per heavy atom. The van der Waals surface area contributed by atoms with Gasteiger partial charge in [-0.2, -0.15) is 13.2 Å². The number of benzene rings is 1. The average molecular weight is 335 g/mol. The van der Waals surface area contributed by atoms with Gasteiger partial charge >= 0.3 is 6.18 Å². The summed E-state index contributed by atoms with van der Waals surface area (Å²) in [7, 11) is 0. The number of alkyl halides is 3. The number of nitrogens with zero attached hydrogens (tertiary/aromatic N) is 1. The van der Waals surface area contributed by atoms with Crippen molar-refractivity contribution in [3.8, 4) is 0 Å². The van der Waals surface area contributed by atoms with Crippen molar-refractivity contribution in [1.82, 2.24) is 10.2 Å². The standard InChI is InChI=1S/C12H10BrF3N2O/c13-6-3-7-9-5-17-1-2-18(9)11(19)10(7)8(4-6)12(14,15)16/h3-4,9,17H,1-2,5H2. The maximum atomic E-state index is 13.1. The van der Waals surface area contributed by atoms with E-state index in [9.17, 15) is 18.0 Å². The molecule has 19 heavy (non-hydrogen) atoms. The number of rotatable bonds is 0. The zero-order chi connectivity index (χ0) is 13.8. The summed E-state index contributed by atoms with van der Waals surface area (Å²) in [6.07, 6.45) is -4.52. The first kappa shape index (κ1) is 12.9. The molecule has 3 rings (SSSR count). The van der Waals surface area contributed by atoms with Crippen LogP contribution in [0.25, 0.3) is 0 Å². The van der Waals surface area contributed by atoms with Gasteiger partial charge in [-0.15, -0.1) is 0 Å². The van der Waals surface area contributed by atoms with Crippen molar-refractivity contribution < 1.29 is 18.0 Å². The lowest BCUT2D eigenvalue weighted by Gasteiger charge is -2.30. The lowest BCUT2D eigenvalue weighted by Crippen LogP contribution is -2.44. The van der Waals surface area contributed by atoms with E-state index in [0.29, 0.717) is 29.7 Å². The van der Waals surface area contributed by atoms with Crippen LogP contribution in [-0.4, -0.2) is 30.4 Å². The molecule has 1 amide bonds. The summed E-state index contributed by atoms with van der Waals surface area (Å²) in [5.74, 6) is -0.513. The van der Waals surface area contributed by atoms with Gasteiger partial charge in [0, 0.05) is 24.1 Å². The van der Waals surface area contributed by atoms with Crippen molar-refractivity contribution in [2.45, 2.75) is 12.2 Å². The Balaban J connectivity index is 2.21. The smallest absolute Gasteiger partial charge is 0.329 e. The van der Waals surface area contributed by atoms with Crippen LogP contribution in [0.1, 0.15) is 27.5 Å². The van der Waals surface area contributed by atoms with Gasteiger partial charge in [-0.1, -0.05) is 15.9 Å². The van der Waals surface area contributed by atoms with Crippen LogP contribution in [0, 0.1) is 0 Å². The molecule has 0 aromatic heterocycles. The minimum atomic E-state index is -4.52. The van der Waals surface area contributed by atoms with E-state index < -0.39 is 17.6 Å². The zero-order valence-electron chi connectivity index (χ0n) is 9.72. The van der Waals surface area contributed by atoms with Gasteiger partial charge in [-0.05, 0) is 17.7 Å². The van der Waals surface area contributed by atoms with Gasteiger partial charge < -0.3 is 10.2 Å². The van der Waals surface area contributed by atoms with Crippen LogP contribution in [0.2, 0.25) is 0 Å². The first-order valence-corrected chi connectivity index (χ1v) is 6.61. The third-order valence-electron chi connectivity index (χ3n) is 3.52. The second kappa shape index (κ2) is 4.21. The minimum Gasteiger partial charge on any atom is -0.329 e. The first-order valence-electron chi connectivity index (χ1n) is 5.82. The van der Waals surface area contributed by atoms with E-state index in [1.807, 2.05) is 0 Å². The van der Waals surface area contributed by atoms with Crippen molar-refractivity contribution in [1.29, 1.82) is 0 Å². The largest absolute Gasteiger partial charge is 0.417 e. The minimum absolute atomic E-state index is 0.190. The molecule has 0 bridgehead atoms. The van der Waals surface area contributed by atoms with E-state index in [2.05, 4.69) is 21.2 Å². The normalized spacial score (nSPS) is 22.4. The van der Waals surface area contributed by atoms with Crippen LogP contribution in [-0.2, 0) is 6.18 Å². The predicted molar refractivity (Wildman–Crippen MR) is 65.8 cm³/mol. The Morgan fingerprint density at radius 2 is 2.11 bits per heavy atom. The monoisotopic (exact) mass is 334 g/mol. The summed E-state index contributed by atoms with van der Waals surface area (Å²) < 4.78 is 39.5. The Hall–Kier alpha value is -1.08. The molecule has 1 aromatic rings. The molecule has 2 aliphatic rings. The van der Waals surface area contributed by atoms with E-state index in [1.54, 1.807) is 6.07 Å². The third kappa shape index (κ3) is 1.95. The van der Waals surface area contributed by atoms with Gasteiger partial charge in [0.15, 0.2) is 0 Å². The van der Waals surface area contributed by atoms with Gasteiger partial charge in [0.1, 0.15) is 0 Å². The number of carbonyl (C=O) groups is 1. The highest BCUT2D eigenvalue weighted by molar-refractivity contribution is 9.10. The second-order valence-electron chi connectivity index (χ2n) is 4.63. The quantitative estimate of drug-likeness (QED) is 0.790. The van der Waals surface area contributed by atoms with Crippen LogP contribution in [0.4, 0.5) is 13.2 Å². The van der Waals surface area contributed by atoms with E-state index in [1.165, 1.54) is 4.90 Å². The van der Waals surface area contributed by atoms with E-state index in [4.69, 9.17) is 0 Å². The molecule has 1 aromatic carbocycles. The lowest BCUT2D eigenvalue weighted by atomic mass is 9.99. The van der Waals surface area contributed by atoms with E-state index in [0.717, 1.165) is 6.07 Å². The second-order valence-corrected chi connectivity index (χ2v) is 5.55. The van der Waals surface area contributed by atoms with Crippen molar-refractivity contribution in [2.75, 3.05) is 19.6 Å². The molecule has 1 N–H and O–H groups in total. The Kier molecular flexibility index (Phi) is 2.86. The van der Waals surface area contributed by atoms with Crippen molar-refractivity contribution in [3.05, 3.63) is 33.3 Å². The molecule has 2 aliphatic heterocycles. The number of carbonyl (C=O) groups excluding carboxylic acids is 1. The fourth-order valence-corrected chi connectivity index (χ4v) is 3.20. The maximum Gasteiger partial charge on any atom is 0.417 e. The van der Waals surface area contributed by atoms with Gasteiger partial charge in [-0.25, -0.2) is 0 Å². The van der Waals surface area contributed by atoms with Crippen molar-refractivity contribution in [3.63, 3.8) is 0 Å². The Bertz CT molecular complexity index is 559. The first-order chi connectivity index (χ1) is 8.89. The van der Waals surface area contributed by atoms with Gasteiger partial charge in [0.25, 0.3) is 5.91 Å². The third-order valence-corrected chi connectivity index (χ3v) is 3.97. The van der Waals surface area contributed by atoms with Crippen LogP contribution < -0.4 is 5.32 Å². The number of hydrogen-bond donors (Lipinski definition) is 1. The fraction of sp³-hybridized carbons (Fsp3) is 0.417. The summed E-state index contributed by atoms with van der Waals surface area (Å²) in [5.41, 5.74) is -0.584. The molecule has 3 nitrogen and oxygen atoms in total. The topological polar surface area (TPSA) is 32.3 Å². The molecule has 0 radical (unpaired) electrons. The molecule has 1 fully saturated rings. The van der Waals surface area contributed by atoms with Crippen LogP contribution >= 0.6 is 15.9 Å². The highest BCUT2D eigenvalue weighted by atomic mass is 79.9. The molecule has 0 spiro atoms. The summed E-state index contributed by atoms with van der Waals surface area (Å²) in [6, 6.07) is 2.29. The predicted octanol–water partition coefficient (Wildman–Crippen LogP) is 2.57. The molecule has 0 aliphatic carbocycles. The fourth-order valence-electron chi connectivity index (χ4n) is 2.72. The van der Waals surface area contributed by atoms with Crippen molar-refractivity contribution >= 4 is 21.8 Å². The molecule has 1 saturated heterocycles. The number of piperazine rings is 1. The zero-order valence-corrected chi connectivity index (χ0v) is 11.3. The summed E-state index contributed by atoms with van der Waals surface area (Å²) >= 11 is 3.09. The van der Waals surface area contributed by atoms with Gasteiger partial charge in [0.05, 0.1) is 17.2 Å². The number of fused-ring (bicyclic) bond motifs is 3. The molecule has 1 unspecified atom stereocenters. The molecular formula is C12H10BrF3N2O. The molecule has 2 heterocycles. The average Bonchev–Trinajstić information content (AvgIpc) is 2.62. The van der Waals surface area contributed by atoms with E-state index in [-0.39, 0.29) is 11.6 Å². The van der Waals surface area contributed by atoms with E-state index >= 15 is 0 Å². The number of amides is 1. The lowest BCUT2D eigenvalue weighted by molar-refractivity contribution is -0.138. The maximum absolute atomic E-state index is 13.1. The van der Waals surface area contributed by atoms with Gasteiger partial charge in [-0.3, -0.25) is 4.79 Å². The summed E-state index contributed by atoms with van der Waals surface area (Å²) in [5, 5.41) is 3.10. The number of nitrogens with one attached hydrogen (secondary N) is 1. The summed E-state index contributed by atoms with van der Waals surface area (Å²) in [4.78, 5) is 13.7. The molecule has 7 heteroatoms. The molecule has 102 valence electrons. The highest BCUT2D eigenvalue weighted by Gasteiger charge is 2.45. The van der Waals surface area contributed by atoms with Crippen molar-refractivity contribution in [2.24, 2.45) is 0 Å². The summed E-state index contributed by atoms with van der Waals surface area (Å²) in [6.45, 7) is 1.54. The Morgan fingerprint density at radius 1 is 1.37 bits per heavy atom. The SMILES string of the molecule is O=C1c2c(cc(Br)cc2C(F)(F)F)C2CNCCN12. The number of halogens is 4. The number of hydrogen-bond acceptors (Lipinski definition) is 2. The Labute approximate surface area is 115 Å².